The number of rotatable bonds is 3. The van der Waals surface area contributed by atoms with Crippen LogP contribution in [0.4, 0.5) is 10.8 Å². The maximum atomic E-state index is 12.6. The van der Waals surface area contributed by atoms with Crippen molar-refractivity contribution in [2.45, 2.75) is 6.92 Å². The summed E-state index contributed by atoms with van der Waals surface area (Å²) in [6.45, 7) is 3.96. The Morgan fingerprint density at radius 2 is 1.85 bits per heavy atom. The first kappa shape index (κ1) is 16.6. The molecule has 1 N–H and O–H groups in total. The van der Waals surface area contributed by atoms with Crippen LogP contribution in [0.3, 0.4) is 0 Å². The van der Waals surface area contributed by atoms with Crippen molar-refractivity contribution in [2.24, 2.45) is 0 Å². The number of hydrogen-bond acceptors (Lipinski definition) is 7. The van der Waals surface area contributed by atoms with E-state index in [2.05, 4.69) is 10.3 Å². The molecule has 0 radical (unpaired) electrons. The molecule has 0 spiro atoms. The van der Waals surface area contributed by atoms with E-state index in [1.165, 1.54) is 11.3 Å². The molecule has 2 aliphatic heterocycles. The smallest absolute Gasteiger partial charge is 0.273 e. The minimum Gasteiger partial charge on any atom is -0.454 e. The van der Waals surface area contributed by atoms with Crippen molar-refractivity contribution in [1.82, 2.24) is 14.8 Å². The maximum absolute atomic E-state index is 12.6. The van der Waals surface area contributed by atoms with Crippen LogP contribution < -0.4 is 14.8 Å². The zero-order valence-electron chi connectivity index (χ0n) is 14.2. The SMILES string of the molecule is CC(=O)N1CCN(C(=O)c2csc(Nc3ccc4c(c3)OCO4)n2)CC1. The van der Waals surface area contributed by atoms with Crippen molar-refractivity contribution in [3.8, 4) is 11.5 Å². The van der Waals surface area contributed by atoms with Crippen LogP contribution in [0.1, 0.15) is 17.4 Å². The van der Waals surface area contributed by atoms with Gasteiger partial charge in [-0.15, -0.1) is 11.3 Å². The van der Waals surface area contributed by atoms with Crippen LogP contribution in [0, 0.1) is 0 Å². The highest BCUT2D eigenvalue weighted by Crippen LogP contribution is 2.35. The zero-order chi connectivity index (χ0) is 18.1. The number of aromatic nitrogens is 1. The van der Waals surface area contributed by atoms with E-state index in [9.17, 15) is 9.59 Å². The molecule has 136 valence electrons. The summed E-state index contributed by atoms with van der Waals surface area (Å²) >= 11 is 1.37. The van der Waals surface area contributed by atoms with Crippen molar-refractivity contribution in [1.29, 1.82) is 0 Å². The molecule has 0 atom stereocenters. The van der Waals surface area contributed by atoms with Gasteiger partial charge in [-0.05, 0) is 12.1 Å². The fourth-order valence-electron chi connectivity index (χ4n) is 2.91. The molecule has 4 rings (SSSR count). The van der Waals surface area contributed by atoms with E-state index in [0.29, 0.717) is 42.8 Å². The predicted octanol–water partition coefficient (Wildman–Crippen LogP) is 1.92. The number of piperazine rings is 1. The second-order valence-corrected chi connectivity index (χ2v) is 6.89. The summed E-state index contributed by atoms with van der Waals surface area (Å²) in [6, 6.07) is 5.54. The van der Waals surface area contributed by atoms with Gasteiger partial charge in [0, 0.05) is 50.2 Å². The Bertz CT molecular complexity index is 845. The monoisotopic (exact) mass is 374 g/mol. The van der Waals surface area contributed by atoms with Gasteiger partial charge >= 0.3 is 0 Å². The van der Waals surface area contributed by atoms with Gasteiger partial charge in [0.15, 0.2) is 16.6 Å². The summed E-state index contributed by atoms with van der Waals surface area (Å²) in [5, 5.41) is 5.56. The molecule has 1 aromatic carbocycles. The average Bonchev–Trinajstić information content (AvgIpc) is 3.30. The molecule has 8 nitrogen and oxygen atoms in total. The van der Waals surface area contributed by atoms with E-state index in [-0.39, 0.29) is 18.6 Å². The molecule has 0 saturated carbocycles. The van der Waals surface area contributed by atoms with Gasteiger partial charge in [0.05, 0.1) is 0 Å². The lowest BCUT2D eigenvalue weighted by Crippen LogP contribution is -2.50. The lowest BCUT2D eigenvalue weighted by Gasteiger charge is -2.33. The number of anilines is 2. The van der Waals surface area contributed by atoms with Gasteiger partial charge in [-0.3, -0.25) is 9.59 Å². The maximum Gasteiger partial charge on any atom is 0.273 e. The van der Waals surface area contributed by atoms with Crippen molar-refractivity contribution in [3.05, 3.63) is 29.3 Å². The standard InChI is InChI=1S/C17H18N4O4S/c1-11(22)20-4-6-21(7-5-20)16(23)13-9-26-17(19-13)18-12-2-3-14-15(8-12)25-10-24-14/h2-3,8-9H,4-7,10H2,1H3,(H,18,19). The highest BCUT2D eigenvalue weighted by Gasteiger charge is 2.25. The Kier molecular flexibility index (Phi) is 4.37. The number of nitrogens with zero attached hydrogens (tertiary/aromatic N) is 3. The Hall–Kier alpha value is -2.81. The van der Waals surface area contributed by atoms with Crippen molar-refractivity contribution in [3.63, 3.8) is 0 Å². The summed E-state index contributed by atoms with van der Waals surface area (Å²) in [5.41, 5.74) is 1.23. The quantitative estimate of drug-likeness (QED) is 0.884. The number of ether oxygens (including phenoxy) is 2. The van der Waals surface area contributed by atoms with Crippen LogP contribution in [-0.4, -0.2) is 59.6 Å². The average molecular weight is 374 g/mol. The molecule has 3 heterocycles. The zero-order valence-corrected chi connectivity index (χ0v) is 15.0. The molecule has 26 heavy (non-hydrogen) atoms. The predicted molar refractivity (Wildman–Crippen MR) is 96.1 cm³/mol. The lowest BCUT2D eigenvalue weighted by atomic mass is 10.3. The molecular weight excluding hydrogens is 356 g/mol. The summed E-state index contributed by atoms with van der Waals surface area (Å²) in [6.07, 6.45) is 0. The Balaban J connectivity index is 1.40. The molecule has 1 fully saturated rings. The van der Waals surface area contributed by atoms with Crippen molar-refractivity contribution in [2.75, 3.05) is 38.3 Å². The molecule has 0 aliphatic carbocycles. The van der Waals surface area contributed by atoms with Crippen LogP contribution in [0.15, 0.2) is 23.6 Å². The Labute approximate surface area is 154 Å². The Morgan fingerprint density at radius 1 is 1.12 bits per heavy atom. The number of carbonyl (C=O) groups excluding carboxylic acids is 2. The minimum absolute atomic E-state index is 0.0426. The van der Waals surface area contributed by atoms with Crippen LogP contribution in [0.25, 0.3) is 0 Å². The van der Waals surface area contributed by atoms with Gasteiger partial charge in [-0.25, -0.2) is 4.98 Å². The van der Waals surface area contributed by atoms with Crippen molar-refractivity contribution >= 4 is 34.0 Å². The molecule has 0 unspecified atom stereocenters. The van der Waals surface area contributed by atoms with Gasteiger partial charge in [0.25, 0.3) is 5.91 Å². The third-order valence-electron chi connectivity index (χ3n) is 4.36. The summed E-state index contributed by atoms with van der Waals surface area (Å²) in [5.74, 6) is 1.34. The number of amides is 2. The van der Waals surface area contributed by atoms with Crippen molar-refractivity contribution < 1.29 is 19.1 Å². The number of fused-ring (bicyclic) bond motifs is 1. The van der Waals surface area contributed by atoms with E-state index in [4.69, 9.17) is 9.47 Å². The van der Waals surface area contributed by atoms with Crippen LogP contribution in [0.5, 0.6) is 11.5 Å². The number of nitrogens with one attached hydrogen (secondary N) is 1. The van der Waals surface area contributed by atoms with Gasteiger partial charge in [0.1, 0.15) is 5.69 Å². The van der Waals surface area contributed by atoms with E-state index in [1.54, 1.807) is 22.1 Å². The largest absolute Gasteiger partial charge is 0.454 e. The van der Waals surface area contributed by atoms with Gasteiger partial charge < -0.3 is 24.6 Å². The fraction of sp³-hybridized carbons (Fsp3) is 0.353. The second kappa shape index (κ2) is 6.83. The molecule has 1 aromatic heterocycles. The molecule has 2 aliphatic rings. The highest BCUT2D eigenvalue weighted by molar-refractivity contribution is 7.14. The third kappa shape index (κ3) is 3.30. The molecule has 2 amide bonds. The molecule has 0 bridgehead atoms. The van der Waals surface area contributed by atoms with E-state index in [0.717, 1.165) is 11.4 Å². The molecule has 9 heteroatoms. The Morgan fingerprint density at radius 3 is 2.62 bits per heavy atom. The molecule has 2 aromatic rings. The third-order valence-corrected chi connectivity index (χ3v) is 5.12. The molecular formula is C17H18N4O4S. The number of thiazole rings is 1. The summed E-state index contributed by atoms with van der Waals surface area (Å²) in [7, 11) is 0. The van der Waals surface area contributed by atoms with Gasteiger partial charge in [-0.2, -0.15) is 0 Å². The van der Waals surface area contributed by atoms with Crippen LogP contribution in [-0.2, 0) is 4.79 Å². The first-order valence-electron chi connectivity index (χ1n) is 8.27. The van der Waals surface area contributed by atoms with Gasteiger partial charge in [0.2, 0.25) is 12.7 Å². The summed E-state index contributed by atoms with van der Waals surface area (Å²) in [4.78, 5) is 31.9. The lowest BCUT2D eigenvalue weighted by molar-refractivity contribution is -0.130. The first-order chi connectivity index (χ1) is 12.6. The summed E-state index contributed by atoms with van der Waals surface area (Å²) < 4.78 is 10.6. The topological polar surface area (TPSA) is 84.0 Å². The normalized spacial score (nSPS) is 15.9. The highest BCUT2D eigenvalue weighted by atomic mass is 32.1. The molecule has 1 saturated heterocycles. The minimum atomic E-state index is -0.108. The van der Waals surface area contributed by atoms with Gasteiger partial charge in [-0.1, -0.05) is 0 Å². The number of hydrogen-bond donors (Lipinski definition) is 1. The van der Waals surface area contributed by atoms with Crippen LogP contribution >= 0.6 is 11.3 Å². The fourth-order valence-corrected chi connectivity index (χ4v) is 3.62. The van der Waals surface area contributed by atoms with E-state index >= 15 is 0 Å². The number of benzene rings is 1. The first-order valence-corrected chi connectivity index (χ1v) is 9.15. The number of carbonyl (C=O) groups is 2. The second-order valence-electron chi connectivity index (χ2n) is 6.03. The van der Waals surface area contributed by atoms with E-state index < -0.39 is 0 Å². The van der Waals surface area contributed by atoms with Crippen LogP contribution in [0.2, 0.25) is 0 Å². The van der Waals surface area contributed by atoms with E-state index in [1.807, 2.05) is 18.2 Å².